The van der Waals surface area contributed by atoms with Gasteiger partial charge in [-0.25, -0.2) is 0 Å². The Balaban J connectivity index is 1.31. The molecule has 4 aromatic carbocycles. The van der Waals surface area contributed by atoms with E-state index in [-0.39, 0.29) is 22.9 Å². The minimum absolute atomic E-state index is 0.107. The third-order valence-electron chi connectivity index (χ3n) is 14.1. The standard InChI is InChI=1S/C53H64N2/c1-36-17-11-21-44(31-36)40(5)48-25-15-27-52(9,42(7)46-23-13-19-38(3)33-46)50(48)54-29-30-55(35-54)51-49(41(6)45-22-12-18-37(2)32-45)26-16-28-53(51,10)43(8)47-24-14-20-39(4)34-47/h11-28,31-34,40-43,50-51H,29-30,35H2,1-10H3. The van der Waals surface area contributed by atoms with Gasteiger partial charge in [0.1, 0.15) is 0 Å². The molecule has 0 radical (unpaired) electrons. The highest BCUT2D eigenvalue weighted by Crippen LogP contribution is 2.53. The highest BCUT2D eigenvalue weighted by atomic mass is 15.4. The minimum Gasteiger partial charge on any atom is -0.282 e. The molecule has 0 N–H and O–H groups in total. The topological polar surface area (TPSA) is 6.48 Å². The average Bonchev–Trinajstić information content (AvgIpc) is 3.65. The van der Waals surface area contributed by atoms with Gasteiger partial charge in [-0.15, -0.1) is 0 Å². The maximum absolute atomic E-state index is 2.86. The zero-order valence-electron chi connectivity index (χ0n) is 35.2. The maximum atomic E-state index is 2.86. The molecular formula is C53H64N2. The normalized spacial score (nSPS) is 26.7. The summed E-state index contributed by atoms with van der Waals surface area (Å²) in [5.41, 5.74) is 13.8. The van der Waals surface area contributed by atoms with Gasteiger partial charge in [-0.05, 0) is 72.9 Å². The largest absolute Gasteiger partial charge is 0.282 e. The van der Waals surface area contributed by atoms with Crippen LogP contribution in [0.3, 0.4) is 0 Å². The summed E-state index contributed by atoms with van der Waals surface area (Å²) in [4.78, 5) is 5.72. The van der Waals surface area contributed by atoms with Gasteiger partial charge in [-0.1, -0.05) is 197 Å². The molecule has 4 aromatic rings. The number of allylic oxidation sites excluding steroid dienone is 4. The van der Waals surface area contributed by atoms with Crippen LogP contribution in [0.15, 0.2) is 145 Å². The summed E-state index contributed by atoms with van der Waals surface area (Å²) < 4.78 is 0. The van der Waals surface area contributed by atoms with Crippen molar-refractivity contribution < 1.29 is 0 Å². The summed E-state index contributed by atoms with van der Waals surface area (Å²) in [7, 11) is 0. The number of nitrogens with zero attached hydrogens (tertiary/aromatic N) is 2. The van der Waals surface area contributed by atoms with Crippen molar-refractivity contribution in [2.75, 3.05) is 19.8 Å². The van der Waals surface area contributed by atoms with Crippen LogP contribution in [0.25, 0.3) is 0 Å². The lowest BCUT2D eigenvalue weighted by Gasteiger charge is -2.51. The smallest absolute Gasteiger partial charge is 0.0519 e. The second-order valence-electron chi connectivity index (χ2n) is 17.9. The van der Waals surface area contributed by atoms with Gasteiger partial charge in [0.15, 0.2) is 0 Å². The SMILES string of the molecule is Cc1cccc(C(C)C2=CC=CC(C)(C(C)c3cccc(C)c3)C2N2CCN(C3C(C(C)c4cccc(C)c4)=CC=CC3(C)C(C)c3cccc(C)c3)C2)c1. The Labute approximate surface area is 333 Å². The van der Waals surface area contributed by atoms with E-state index in [1.54, 1.807) is 0 Å². The lowest BCUT2D eigenvalue weighted by Crippen LogP contribution is -2.53. The molecule has 8 atom stereocenters. The number of rotatable bonds is 10. The predicted molar refractivity (Wildman–Crippen MR) is 235 cm³/mol. The number of aryl methyl sites for hydroxylation is 4. The molecule has 1 fully saturated rings. The number of hydrogen-bond donors (Lipinski definition) is 0. The van der Waals surface area contributed by atoms with Gasteiger partial charge >= 0.3 is 0 Å². The zero-order valence-corrected chi connectivity index (χ0v) is 35.2. The molecule has 0 saturated carbocycles. The molecule has 0 bridgehead atoms. The van der Waals surface area contributed by atoms with Crippen molar-refractivity contribution in [1.29, 1.82) is 0 Å². The third-order valence-corrected chi connectivity index (χ3v) is 14.1. The summed E-state index contributed by atoms with van der Waals surface area (Å²) in [6.07, 6.45) is 14.7. The van der Waals surface area contributed by atoms with Gasteiger partial charge in [0.2, 0.25) is 0 Å². The van der Waals surface area contributed by atoms with Crippen LogP contribution in [-0.2, 0) is 0 Å². The van der Waals surface area contributed by atoms with Crippen molar-refractivity contribution in [3.63, 3.8) is 0 Å². The molecule has 1 aliphatic heterocycles. The molecule has 3 aliphatic rings. The van der Waals surface area contributed by atoms with E-state index in [1.807, 2.05) is 0 Å². The molecule has 1 heterocycles. The van der Waals surface area contributed by atoms with Crippen LogP contribution in [-0.4, -0.2) is 41.6 Å². The van der Waals surface area contributed by atoms with Crippen LogP contribution in [0.1, 0.15) is 110 Å². The van der Waals surface area contributed by atoms with E-state index in [0.29, 0.717) is 23.7 Å². The summed E-state index contributed by atoms with van der Waals surface area (Å²) in [5.74, 6) is 1.26. The third kappa shape index (κ3) is 7.53. The van der Waals surface area contributed by atoms with E-state index < -0.39 is 0 Å². The van der Waals surface area contributed by atoms with E-state index >= 15 is 0 Å². The molecule has 0 spiro atoms. The van der Waals surface area contributed by atoms with Crippen LogP contribution in [0.5, 0.6) is 0 Å². The second kappa shape index (κ2) is 15.7. The van der Waals surface area contributed by atoms with Gasteiger partial charge < -0.3 is 0 Å². The van der Waals surface area contributed by atoms with E-state index in [0.717, 1.165) is 19.8 Å². The monoisotopic (exact) mass is 729 g/mol. The van der Waals surface area contributed by atoms with Crippen molar-refractivity contribution in [1.82, 2.24) is 9.80 Å². The summed E-state index contributed by atoms with van der Waals surface area (Å²) in [6.45, 7) is 26.8. The van der Waals surface area contributed by atoms with Gasteiger partial charge in [0, 0.05) is 47.8 Å². The van der Waals surface area contributed by atoms with Crippen LogP contribution in [0, 0.1) is 38.5 Å². The fraction of sp³-hybridized carbons (Fsp3) is 0.396. The van der Waals surface area contributed by atoms with Crippen LogP contribution in [0.4, 0.5) is 0 Å². The second-order valence-corrected chi connectivity index (χ2v) is 17.9. The van der Waals surface area contributed by atoms with Gasteiger partial charge in [-0.2, -0.15) is 0 Å². The summed E-state index contributed by atoms with van der Waals surface area (Å²) in [6, 6.07) is 37.3. The molecule has 8 unspecified atom stereocenters. The lowest BCUT2D eigenvalue weighted by atomic mass is 9.62. The Morgan fingerprint density at radius 2 is 0.818 bits per heavy atom. The van der Waals surface area contributed by atoms with Crippen molar-refractivity contribution in [3.8, 4) is 0 Å². The lowest BCUT2D eigenvalue weighted by molar-refractivity contribution is 0.0771. The molecule has 7 rings (SSSR count). The van der Waals surface area contributed by atoms with Crippen LogP contribution >= 0.6 is 0 Å². The molecule has 286 valence electrons. The number of hydrogen-bond acceptors (Lipinski definition) is 2. The Morgan fingerprint density at radius 1 is 0.491 bits per heavy atom. The van der Waals surface area contributed by atoms with Crippen LogP contribution in [0.2, 0.25) is 0 Å². The predicted octanol–water partition coefficient (Wildman–Crippen LogP) is 12.8. The first-order valence-corrected chi connectivity index (χ1v) is 20.8. The fourth-order valence-corrected chi connectivity index (χ4v) is 10.5. The van der Waals surface area contributed by atoms with Crippen LogP contribution < -0.4 is 0 Å². The fourth-order valence-electron chi connectivity index (χ4n) is 10.5. The number of benzene rings is 4. The van der Waals surface area contributed by atoms with Crippen molar-refractivity contribution in [2.24, 2.45) is 10.8 Å². The first kappa shape index (κ1) is 39.0. The van der Waals surface area contributed by atoms with Crippen molar-refractivity contribution >= 4 is 0 Å². The maximum Gasteiger partial charge on any atom is 0.0519 e. The Bertz CT molecular complexity index is 1980. The summed E-state index contributed by atoms with van der Waals surface area (Å²) in [5, 5.41) is 0. The molecule has 55 heavy (non-hydrogen) atoms. The van der Waals surface area contributed by atoms with Gasteiger partial charge in [0.25, 0.3) is 0 Å². The van der Waals surface area contributed by atoms with Gasteiger partial charge in [-0.3, -0.25) is 9.80 Å². The van der Waals surface area contributed by atoms with Gasteiger partial charge in [0.05, 0.1) is 6.67 Å². The quantitative estimate of drug-likeness (QED) is 0.160. The minimum atomic E-state index is -0.107. The average molecular weight is 729 g/mol. The van der Waals surface area contributed by atoms with Crippen molar-refractivity contribution in [2.45, 2.75) is 105 Å². The first-order chi connectivity index (χ1) is 26.3. The van der Waals surface area contributed by atoms with E-state index in [4.69, 9.17) is 0 Å². The highest BCUT2D eigenvalue weighted by molar-refractivity contribution is 5.45. The van der Waals surface area contributed by atoms with E-state index in [2.05, 4.69) is 213 Å². The molecule has 2 nitrogen and oxygen atoms in total. The highest BCUT2D eigenvalue weighted by Gasteiger charge is 2.51. The Kier molecular flexibility index (Phi) is 11.1. The van der Waals surface area contributed by atoms with E-state index in [1.165, 1.54) is 55.7 Å². The summed E-state index contributed by atoms with van der Waals surface area (Å²) >= 11 is 0. The molecule has 2 heteroatoms. The molecule has 2 aliphatic carbocycles. The zero-order chi connectivity index (χ0) is 39.1. The molecule has 0 aromatic heterocycles. The molecule has 0 amide bonds. The Hall–Kier alpha value is -4.24. The Morgan fingerprint density at radius 3 is 1.16 bits per heavy atom. The van der Waals surface area contributed by atoms with Crippen molar-refractivity contribution in [3.05, 3.63) is 189 Å². The van der Waals surface area contributed by atoms with E-state index in [9.17, 15) is 0 Å². The molecular weight excluding hydrogens is 665 g/mol. The molecule has 1 saturated heterocycles. The first-order valence-electron chi connectivity index (χ1n) is 20.8.